The van der Waals surface area contributed by atoms with Gasteiger partial charge in [-0.2, -0.15) is 0 Å². The Balaban J connectivity index is 1.82. The quantitative estimate of drug-likeness (QED) is 0.457. The second-order valence-electron chi connectivity index (χ2n) is 6.90. The molecule has 0 saturated heterocycles. The molecule has 0 bridgehead atoms. The first-order valence-corrected chi connectivity index (χ1v) is 9.94. The van der Waals surface area contributed by atoms with Crippen LogP contribution in [-0.2, 0) is 11.3 Å². The van der Waals surface area contributed by atoms with Crippen molar-refractivity contribution >= 4 is 28.7 Å². The van der Waals surface area contributed by atoms with E-state index in [0.29, 0.717) is 34.4 Å². The Labute approximate surface area is 161 Å². The highest BCUT2D eigenvalue weighted by molar-refractivity contribution is 7.99. The summed E-state index contributed by atoms with van der Waals surface area (Å²) in [6, 6.07) is 5.42. The van der Waals surface area contributed by atoms with Crippen molar-refractivity contribution in [3.8, 4) is 0 Å². The van der Waals surface area contributed by atoms with Gasteiger partial charge < -0.3 is 14.7 Å². The maximum Gasteiger partial charge on any atom is 0.278 e. The number of nitrogens with one attached hydrogen (secondary N) is 2. The molecule has 2 N–H and O–H groups in total. The number of thioether (sulfide) groups is 1. The van der Waals surface area contributed by atoms with Crippen molar-refractivity contribution in [2.45, 2.75) is 38.9 Å². The number of aromatic nitrogens is 3. The number of rotatable bonds is 8. The normalized spacial score (nSPS) is 11.4. The zero-order valence-electron chi connectivity index (χ0n) is 15.7. The molecule has 0 aromatic carbocycles. The number of carbonyl (C=O) groups is 1. The number of hydrogen-bond acceptors (Lipinski definition) is 5. The molecule has 0 aliphatic rings. The van der Waals surface area contributed by atoms with Crippen molar-refractivity contribution in [1.82, 2.24) is 19.9 Å². The topological polar surface area (TPSA) is 92.9 Å². The lowest BCUT2D eigenvalue weighted by Crippen LogP contribution is -2.28. The lowest BCUT2D eigenvalue weighted by molar-refractivity contribution is -0.118. The maximum absolute atomic E-state index is 12.9. The van der Waals surface area contributed by atoms with Crippen LogP contribution in [0.2, 0.25) is 0 Å². The Morgan fingerprint density at radius 2 is 2.26 bits per heavy atom. The van der Waals surface area contributed by atoms with Crippen molar-refractivity contribution in [3.05, 3.63) is 46.3 Å². The highest BCUT2D eigenvalue weighted by atomic mass is 32.2. The standard InChI is InChI=1S/C19H24N4O3S/c1-12(2)6-7-20-16(24)11-27-19-22-15-9-13(3)21-17(15)18(25)23(19)10-14-5-4-8-26-14/h4-5,8-9,12,21H,6-7,10-11H2,1-3H3,(H,20,24). The number of carbonyl (C=O) groups excluding carboxylic acids is 1. The second kappa shape index (κ2) is 8.47. The van der Waals surface area contributed by atoms with Gasteiger partial charge in [0.05, 0.1) is 24.1 Å². The fraction of sp³-hybridized carbons (Fsp3) is 0.421. The van der Waals surface area contributed by atoms with Crippen molar-refractivity contribution in [2.75, 3.05) is 12.3 Å². The van der Waals surface area contributed by atoms with Crippen LogP contribution in [0.5, 0.6) is 0 Å². The van der Waals surface area contributed by atoms with Crippen LogP contribution in [0, 0.1) is 12.8 Å². The highest BCUT2D eigenvalue weighted by Crippen LogP contribution is 2.19. The summed E-state index contributed by atoms with van der Waals surface area (Å²) in [7, 11) is 0. The molecule has 3 aromatic rings. The Morgan fingerprint density at radius 1 is 1.44 bits per heavy atom. The Morgan fingerprint density at radius 3 is 2.96 bits per heavy atom. The van der Waals surface area contributed by atoms with E-state index < -0.39 is 0 Å². The van der Waals surface area contributed by atoms with E-state index in [9.17, 15) is 9.59 Å². The van der Waals surface area contributed by atoms with E-state index in [2.05, 4.69) is 29.1 Å². The van der Waals surface area contributed by atoms with E-state index >= 15 is 0 Å². The van der Waals surface area contributed by atoms with E-state index in [1.165, 1.54) is 11.8 Å². The molecule has 0 fully saturated rings. The summed E-state index contributed by atoms with van der Waals surface area (Å²) in [4.78, 5) is 32.7. The molecule has 27 heavy (non-hydrogen) atoms. The van der Waals surface area contributed by atoms with Gasteiger partial charge in [-0.05, 0) is 37.5 Å². The molecule has 0 radical (unpaired) electrons. The van der Waals surface area contributed by atoms with Gasteiger partial charge in [0.2, 0.25) is 5.91 Å². The summed E-state index contributed by atoms with van der Waals surface area (Å²) >= 11 is 1.26. The molecule has 0 aliphatic heterocycles. The number of furan rings is 1. The smallest absolute Gasteiger partial charge is 0.278 e. The van der Waals surface area contributed by atoms with E-state index in [-0.39, 0.29) is 23.8 Å². The zero-order valence-corrected chi connectivity index (χ0v) is 16.6. The summed E-state index contributed by atoms with van der Waals surface area (Å²) in [5, 5.41) is 3.41. The molecule has 3 rings (SSSR count). The van der Waals surface area contributed by atoms with E-state index in [1.807, 2.05) is 19.1 Å². The fourth-order valence-electron chi connectivity index (χ4n) is 2.70. The molecule has 0 saturated carbocycles. The third-order valence-electron chi connectivity index (χ3n) is 4.11. The lowest BCUT2D eigenvalue weighted by Gasteiger charge is -2.11. The second-order valence-corrected chi connectivity index (χ2v) is 7.84. The third-order valence-corrected chi connectivity index (χ3v) is 5.08. The Bertz CT molecular complexity index is 973. The van der Waals surface area contributed by atoms with Gasteiger partial charge in [-0.3, -0.25) is 14.2 Å². The fourth-order valence-corrected chi connectivity index (χ4v) is 3.53. The van der Waals surface area contributed by atoms with Gasteiger partial charge in [-0.1, -0.05) is 25.6 Å². The van der Waals surface area contributed by atoms with E-state index in [1.54, 1.807) is 16.9 Å². The number of amides is 1. The lowest BCUT2D eigenvalue weighted by atomic mass is 10.1. The first-order valence-electron chi connectivity index (χ1n) is 8.96. The number of H-pyrrole nitrogens is 1. The van der Waals surface area contributed by atoms with Gasteiger partial charge in [0, 0.05) is 12.2 Å². The average Bonchev–Trinajstić information content (AvgIpc) is 3.24. The number of nitrogens with zero attached hydrogens (tertiary/aromatic N) is 2. The van der Waals surface area contributed by atoms with Gasteiger partial charge in [0.1, 0.15) is 11.3 Å². The molecule has 0 aliphatic carbocycles. The number of fused-ring (bicyclic) bond motifs is 1. The molecule has 0 atom stereocenters. The molecular weight excluding hydrogens is 364 g/mol. The Hall–Kier alpha value is -2.48. The van der Waals surface area contributed by atoms with Crippen LogP contribution in [0.3, 0.4) is 0 Å². The van der Waals surface area contributed by atoms with Crippen LogP contribution in [0.25, 0.3) is 11.0 Å². The van der Waals surface area contributed by atoms with Gasteiger partial charge in [-0.15, -0.1) is 0 Å². The molecule has 3 aromatic heterocycles. The van der Waals surface area contributed by atoms with Gasteiger partial charge in [0.15, 0.2) is 5.16 Å². The molecule has 0 unspecified atom stereocenters. The van der Waals surface area contributed by atoms with Crippen molar-refractivity contribution < 1.29 is 9.21 Å². The minimum atomic E-state index is -0.174. The number of aromatic amines is 1. The summed E-state index contributed by atoms with van der Waals surface area (Å²) in [6.45, 7) is 7.04. The van der Waals surface area contributed by atoms with Crippen LogP contribution in [0.15, 0.2) is 38.8 Å². The maximum atomic E-state index is 12.9. The molecular formula is C19H24N4O3S. The van der Waals surface area contributed by atoms with Crippen LogP contribution in [0.1, 0.15) is 31.7 Å². The molecule has 1 amide bonds. The van der Waals surface area contributed by atoms with Crippen LogP contribution in [-0.4, -0.2) is 32.7 Å². The minimum absolute atomic E-state index is 0.0650. The molecule has 144 valence electrons. The molecule has 0 spiro atoms. The van der Waals surface area contributed by atoms with Crippen molar-refractivity contribution in [2.24, 2.45) is 5.92 Å². The molecule has 7 nitrogen and oxygen atoms in total. The summed E-state index contributed by atoms with van der Waals surface area (Å²) in [5.74, 6) is 1.34. The van der Waals surface area contributed by atoms with Gasteiger partial charge in [0.25, 0.3) is 5.56 Å². The van der Waals surface area contributed by atoms with Gasteiger partial charge in [-0.25, -0.2) is 4.98 Å². The van der Waals surface area contributed by atoms with Crippen LogP contribution in [0.4, 0.5) is 0 Å². The number of aryl methyl sites for hydroxylation is 1. The first-order chi connectivity index (χ1) is 12.9. The highest BCUT2D eigenvalue weighted by Gasteiger charge is 2.16. The van der Waals surface area contributed by atoms with Crippen LogP contribution < -0.4 is 10.9 Å². The summed E-state index contributed by atoms with van der Waals surface area (Å²) in [5.41, 5.74) is 1.76. The van der Waals surface area contributed by atoms with Crippen molar-refractivity contribution in [3.63, 3.8) is 0 Å². The third kappa shape index (κ3) is 4.82. The predicted octanol–water partition coefficient (Wildman–Crippen LogP) is 2.93. The first kappa shape index (κ1) is 19.3. The van der Waals surface area contributed by atoms with E-state index in [4.69, 9.17) is 4.42 Å². The summed E-state index contributed by atoms with van der Waals surface area (Å²) < 4.78 is 6.92. The number of hydrogen-bond donors (Lipinski definition) is 2. The van der Waals surface area contributed by atoms with Crippen molar-refractivity contribution in [1.29, 1.82) is 0 Å². The van der Waals surface area contributed by atoms with Crippen LogP contribution >= 0.6 is 11.8 Å². The van der Waals surface area contributed by atoms with E-state index in [0.717, 1.165) is 12.1 Å². The Kier molecular flexibility index (Phi) is 6.05. The van der Waals surface area contributed by atoms with Gasteiger partial charge >= 0.3 is 0 Å². The molecule has 3 heterocycles. The minimum Gasteiger partial charge on any atom is -0.467 e. The zero-order chi connectivity index (χ0) is 19.4. The summed E-state index contributed by atoms with van der Waals surface area (Å²) in [6.07, 6.45) is 2.51. The largest absolute Gasteiger partial charge is 0.467 e. The SMILES string of the molecule is Cc1cc2nc(SCC(=O)NCCC(C)C)n(Cc3ccco3)c(=O)c2[nH]1. The average molecular weight is 388 g/mol. The molecule has 8 heteroatoms. The monoisotopic (exact) mass is 388 g/mol. The predicted molar refractivity (Wildman–Crippen MR) is 106 cm³/mol.